The van der Waals surface area contributed by atoms with Gasteiger partial charge in [0.05, 0.1) is 18.1 Å². The van der Waals surface area contributed by atoms with E-state index in [2.05, 4.69) is 10.2 Å². The summed E-state index contributed by atoms with van der Waals surface area (Å²) in [6.45, 7) is 3.68. The van der Waals surface area contributed by atoms with Crippen LogP contribution in [-0.4, -0.2) is 34.7 Å². The number of hydrogen-bond acceptors (Lipinski definition) is 7. The van der Waals surface area contributed by atoms with E-state index in [1.54, 1.807) is 48.5 Å². The lowest BCUT2D eigenvalue weighted by molar-refractivity contribution is -0.126. The molecule has 180 valence electrons. The number of anilines is 1. The van der Waals surface area contributed by atoms with Crippen LogP contribution in [0.3, 0.4) is 0 Å². The maximum absolute atomic E-state index is 13.0. The molecule has 1 unspecified atom stereocenters. The maximum atomic E-state index is 13.0. The number of benzene rings is 3. The zero-order valence-corrected chi connectivity index (χ0v) is 19.9. The third kappa shape index (κ3) is 5.47. The Morgan fingerprint density at radius 2 is 1.64 bits per heavy atom. The summed E-state index contributed by atoms with van der Waals surface area (Å²) in [4.78, 5) is 27.2. The zero-order chi connectivity index (χ0) is 25.5. The smallest absolute Gasteiger partial charge is 0.338 e. The van der Waals surface area contributed by atoms with E-state index in [1.807, 2.05) is 43.3 Å². The Morgan fingerprint density at radius 3 is 2.33 bits per heavy atom. The van der Waals surface area contributed by atoms with Crippen LogP contribution in [0.15, 0.2) is 83.3 Å². The van der Waals surface area contributed by atoms with Crippen LogP contribution >= 0.6 is 0 Å². The standard InChI is InChI=1S/C28H24N4O4/c1-19-9-6-7-12-24(19)26-31-30-25(36-26)21-13-15-22(16-14-21)28(34)35-20(2)27(33)32(18-8-17-29)23-10-4-3-5-11-23/h3-7,9-16,20H,8,18H2,1-2H3. The molecule has 1 atom stereocenters. The highest BCUT2D eigenvalue weighted by atomic mass is 16.5. The van der Waals surface area contributed by atoms with E-state index in [9.17, 15) is 9.59 Å². The Balaban J connectivity index is 1.44. The van der Waals surface area contributed by atoms with Gasteiger partial charge in [-0.2, -0.15) is 5.26 Å². The van der Waals surface area contributed by atoms with Gasteiger partial charge in [-0.1, -0.05) is 36.4 Å². The molecular formula is C28H24N4O4. The van der Waals surface area contributed by atoms with Crippen LogP contribution in [0.1, 0.15) is 29.3 Å². The van der Waals surface area contributed by atoms with Crippen LogP contribution in [0, 0.1) is 18.3 Å². The number of esters is 1. The minimum absolute atomic E-state index is 0.157. The van der Waals surface area contributed by atoms with Gasteiger partial charge in [-0.15, -0.1) is 10.2 Å². The van der Waals surface area contributed by atoms with Gasteiger partial charge in [0.25, 0.3) is 5.91 Å². The van der Waals surface area contributed by atoms with Crippen molar-refractivity contribution in [2.75, 3.05) is 11.4 Å². The molecule has 0 saturated carbocycles. The molecule has 3 aromatic carbocycles. The Kier molecular flexibility index (Phi) is 7.51. The number of nitriles is 1. The van der Waals surface area contributed by atoms with Gasteiger partial charge in [-0.05, 0) is 61.9 Å². The molecule has 1 heterocycles. The first-order chi connectivity index (χ1) is 17.5. The largest absolute Gasteiger partial charge is 0.449 e. The number of nitrogens with zero attached hydrogens (tertiary/aromatic N) is 4. The third-order valence-corrected chi connectivity index (χ3v) is 5.58. The third-order valence-electron chi connectivity index (χ3n) is 5.58. The van der Waals surface area contributed by atoms with Crippen LogP contribution in [0.4, 0.5) is 5.69 Å². The van der Waals surface area contributed by atoms with Crippen molar-refractivity contribution in [2.45, 2.75) is 26.4 Å². The highest BCUT2D eigenvalue weighted by molar-refractivity contribution is 5.99. The molecule has 4 rings (SSSR count). The van der Waals surface area contributed by atoms with E-state index in [0.717, 1.165) is 11.1 Å². The summed E-state index contributed by atoms with van der Waals surface area (Å²) in [5.74, 6) is -0.302. The summed E-state index contributed by atoms with van der Waals surface area (Å²) in [6.07, 6.45) is -0.882. The Bertz CT molecular complexity index is 1390. The summed E-state index contributed by atoms with van der Waals surface area (Å²) >= 11 is 0. The number of hydrogen-bond donors (Lipinski definition) is 0. The molecule has 0 radical (unpaired) electrons. The van der Waals surface area contributed by atoms with Gasteiger partial charge in [-0.25, -0.2) is 4.79 Å². The van der Waals surface area contributed by atoms with Crippen LogP contribution in [0.5, 0.6) is 0 Å². The second-order valence-electron chi connectivity index (χ2n) is 8.09. The second kappa shape index (κ2) is 11.1. The second-order valence-corrected chi connectivity index (χ2v) is 8.09. The predicted octanol–water partition coefficient (Wildman–Crippen LogP) is 5.20. The summed E-state index contributed by atoms with van der Waals surface area (Å²) in [6, 6.07) is 25.3. The molecule has 0 fully saturated rings. The first kappa shape index (κ1) is 24.4. The molecule has 0 bridgehead atoms. The number of rotatable bonds is 8. The van der Waals surface area contributed by atoms with Gasteiger partial charge >= 0.3 is 5.97 Å². The quantitative estimate of drug-likeness (QED) is 0.319. The highest BCUT2D eigenvalue weighted by Gasteiger charge is 2.25. The van der Waals surface area contributed by atoms with Crippen molar-refractivity contribution >= 4 is 17.6 Å². The van der Waals surface area contributed by atoms with Gasteiger partial charge in [0.2, 0.25) is 11.8 Å². The monoisotopic (exact) mass is 480 g/mol. The minimum Gasteiger partial charge on any atom is -0.449 e. The lowest BCUT2D eigenvalue weighted by Crippen LogP contribution is -2.40. The lowest BCUT2D eigenvalue weighted by Gasteiger charge is -2.25. The fraction of sp³-hybridized carbons (Fsp3) is 0.179. The number of para-hydroxylation sites is 1. The van der Waals surface area contributed by atoms with E-state index in [4.69, 9.17) is 14.4 Å². The maximum Gasteiger partial charge on any atom is 0.338 e. The molecule has 36 heavy (non-hydrogen) atoms. The summed E-state index contributed by atoms with van der Waals surface area (Å²) in [7, 11) is 0. The van der Waals surface area contributed by atoms with Crippen molar-refractivity contribution in [1.29, 1.82) is 5.26 Å². The number of amides is 1. The minimum atomic E-state index is -1.04. The molecule has 8 nitrogen and oxygen atoms in total. The van der Waals surface area contributed by atoms with Crippen LogP contribution in [-0.2, 0) is 9.53 Å². The van der Waals surface area contributed by atoms with Crippen molar-refractivity contribution < 1.29 is 18.7 Å². The molecule has 8 heteroatoms. The fourth-order valence-electron chi connectivity index (χ4n) is 3.65. The SMILES string of the molecule is Cc1ccccc1-c1nnc(-c2ccc(C(=O)OC(C)C(=O)N(CCC#N)c3ccccc3)cc2)o1. The van der Waals surface area contributed by atoms with E-state index in [1.165, 1.54) is 11.8 Å². The number of aryl methyl sites for hydroxylation is 1. The Hall–Kier alpha value is -4.77. The molecule has 1 amide bonds. The van der Waals surface area contributed by atoms with Crippen molar-refractivity contribution in [2.24, 2.45) is 0 Å². The molecule has 0 aliphatic carbocycles. The molecule has 0 spiro atoms. The van der Waals surface area contributed by atoms with Gasteiger partial charge in [0, 0.05) is 23.4 Å². The average Bonchev–Trinajstić information content (AvgIpc) is 3.40. The molecule has 1 aromatic heterocycles. The van der Waals surface area contributed by atoms with E-state index in [0.29, 0.717) is 23.0 Å². The van der Waals surface area contributed by atoms with Gasteiger partial charge in [-0.3, -0.25) is 4.79 Å². The molecule has 0 aliphatic heterocycles. The number of carbonyl (C=O) groups excluding carboxylic acids is 2. The predicted molar refractivity (Wildman–Crippen MR) is 134 cm³/mol. The normalized spacial score (nSPS) is 11.4. The van der Waals surface area contributed by atoms with Crippen molar-refractivity contribution in [3.05, 3.63) is 90.0 Å². The number of ether oxygens (including phenoxy) is 1. The Labute approximate surface area is 208 Å². The Morgan fingerprint density at radius 1 is 0.972 bits per heavy atom. The van der Waals surface area contributed by atoms with E-state index < -0.39 is 18.0 Å². The first-order valence-corrected chi connectivity index (χ1v) is 11.4. The van der Waals surface area contributed by atoms with Crippen LogP contribution in [0.25, 0.3) is 22.9 Å². The molecule has 0 N–H and O–H groups in total. The van der Waals surface area contributed by atoms with Crippen LogP contribution < -0.4 is 4.90 Å². The topological polar surface area (TPSA) is 109 Å². The van der Waals surface area contributed by atoms with Crippen molar-refractivity contribution in [1.82, 2.24) is 10.2 Å². The van der Waals surface area contributed by atoms with Crippen molar-refractivity contribution in [3.63, 3.8) is 0 Å². The molecular weight excluding hydrogens is 456 g/mol. The summed E-state index contributed by atoms with van der Waals surface area (Å²) in [5, 5.41) is 17.2. The fourth-order valence-corrected chi connectivity index (χ4v) is 3.65. The highest BCUT2D eigenvalue weighted by Crippen LogP contribution is 2.26. The van der Waals surface area contributed by atoms with Crippen molar-refractivity contribution in [3.8, 4) is 29.0 Å². The van der Waals surface area contributed by atoms with Gasteiger partial charge in [0.1, 0.15) is 0 Å². The van der Waals surface area contributed by atoms with Crippen LogP contribution in [0.2, 0.25) is 0 Å². The number of aromatic nitrogens is 2. The molecule has 4 aromatic rings. The van der Waals surface area contributed by atoms with Gasteiger partial charge < -0.3 is 14.1 Å². The summed E-state index contributed by atoms with van der Waals surface area (Å²) < 4.78 is 11.3. The van der Waals surface area contributed by atoms with E-state index in [-0.39, 0.29) is 18.5 Å². The molecule has 0 saturated heterocycles. The van der Waals surface area contributed by atoms with E-state index >= 15 is 0 Å². The molecule has 0 aliphatic rings. The average molecular weight is 481 g/mol. The number of carbonyl (C=O) groups is 2. The zero-order valence-electron chi connectivity index (χ0n) is 19.9. The summed E-state index contributed by atoms with van der Waals surface area (Å²) in [5.41, 5.74) is 3.44. The van der Waals surface area contributed by atoms with Gasteiger partial charge in [0.15, 0.2) is 6.10 Å². The first-order valence-electron chi connectivity index (χ1n) is 11.4. The lowest BCUT2D eigenvalue weighted by atomic mass is 10.1.